The maximum Gasteiger partial charge on any atom is 0.471 e. The lowest BCUT2D eigenvalue weighted by molar-refractivity contribution is -0.159. The minimum Gasteiger partial charge on any atom is -0.381 e. The van der Waals surface area contributed by atoms with Gasteiger partial charge in [0.2, 0.25) is 0 Å². The van der Waals surface area contributed by atoms with E-state index >= 15 is 0 Å². The summed E-state index contributed by atoms with van der Waals surface area (Å²) in [6.07, 6.45) is -3.94. The highest BCUT2D eigenvalue weighted by Crippen LogP contribution is 2.30. The third-order valence-corrected chi connectivity index (χ3v) is 2.46. The van der Waals surface area contributed by atoms with Crippen molar-refractivity contribution in [1.29, 1.82) is 0 Å². The Balaban J connectivity index is 2.12. The van der Waals surface area contributed by atoms with Crippen LogP contribution in [-0.4, -0.2) is 23.4 Å². The first kappa shape index (κ1) is 11.3. The van der Waals surface area contributed by atoms with E-state index in [1.165, 1.54) is 0 Å². The summed E-state index contributed by atoms with van der Waals surface area (Å²) >= 11 is 0. The number of nitrogens with zero attached hydrogens (tertiary/aromatic N) is 2. The molecule has 1 aromatic heterocycles. The summed E-state index contributed by atoms with van der Waals surface area (Å²) in [6, 6.07) is -0.678. The highest BCUT2D eigenvalue weighted by Gasteiger charge is 2.39. The van der Waals surface area contributed by atoms with Crippen LogP contribution in [0.2, 0.25) is 0 Å². The normalized spacial score (nSPS) is 23.6. The van der Waals surface area contributed by atoms with Gasteiger partial charge in [-0.05, 0) is 6.42 Å². The van der Waals surface area contributed by atoms with E-state index in [-0.39, 0.29) is 11.7 Å². The third-order valence-electron chi connectivity index (χ3n) is 2.46. The van der Waals surface area contributed by atoms with Gasteiger partial charge in [0.15, 0.2) is 5.82 Å². The van der Waals surface area contributed by atoms with Gasteiger partial charge in [0.1, 0.15) is 0 Å². The van der Waals surface area contributed by atoms with E-state index in [0.717, 1.165) is 0 Å². The van der Waals surface area contributed by atoms with E-state index in [2.05, 4.69) is 14.7 Å². The van der Waals surface area contributed by atoms with Crippen LogP contribution in [0, 0.1) is 5.92 Å². The van der Waals surface area contributed by atoms with Crippen molar-refractivity contribution in [2.24, 2.45) is 11.7 Å². The molecule has 16 heavy (non-hydrogen) atoms. The molecule has 2 unspecified atom stereocenters. The molecule has 1 aromatic rings. The fourth-order valence-electron chi connectivity index (χ4n) is 1.53. The van der Waals surface area contributed by atoms with E-state index in [1.807, 2.05) is 0 Å². The number of ether oxygens (including phenoxy) is 1. The molecule has 2 N–H and O–H groups in total. The van der Waals surface area contributed by atoms with Crippen LogP contribution in [0.5, 0.6) is 0 Å². The third kappa shape index (κ3) is 2.17. The molecule has 2 rings (SSSR count). The first-order valence-corrected chi connectivity index (χ1v) is 4.72. The van der Waals surface area contributed by atoms with Crippen molar-refractivity contribution in [1.82, 2.24) is 10.1 Å². The summed E-state index contributed by atoms with van der Waals surface area (Å²) in [7, 11) is 0. The van der Waals surface area contributed by atoms with Crippen molar-refractivity contribution in [3.8, 4) is 0 Å². The van der Waals surface area contributed by atoms with Crippen molar-refractivity contribution >= 4 is 0 Å². The smallest absolute Gasteiger partial charge is 0.381 e. The van der Waals surface area contributed by atoms with Crippen LogP contribution in [0.4, 0.5) is 13.2 Å². The molecule has 90 valence electrons. The fraction of sp³-hybridized carbons (Fsp3) is 0.750. The SMILES string of the molecule is NC(c1noc(C(F)(F)F)n1)C1CCOC1. The van der Waals surface area contributed by atoms with Crippen LogP contribution < -0.4 is 5.73 Å². The Morgan fingerprint density at radius 2 is 2.19 bits per heavy atom. The van der Waals surface area contributed by atoms with Gasteiger partial charge in [-0.3, -0.25) is 0 Å². The molecule has 0 saturated carbocycles. The average molecular weight is 237 g/mol. The molecule has 5 nitrogen and oxygen atoms in total. The van der Waals surface area contributed by atoms with Gasteiger partial charge >= 0.3 is 12.1 Å². The number of aromatic nitrogens is 2. The highest BCUT2D eigenvalue weighted by atomic mass is 19.4. The van der Waals surface area contributed by atoms with Gasteiger partial charge in [-0.1, -0.05) is 5.16 Å². The molecule has 1 aliphatic heterocycles. The second-order valence-corrected chi connectivity index (χ2v) is 3.60. The van der Waals surface area contributed by atoms with Crippen LogP contribution in [0.15, 0.2) is 4.52 Å². The Hall–Kier alpha value is -1.15. The molecule has 0 amide bonds. The zero-order chi connectivity index (χ0) is 11.8. The van der Waals surface area contributed by atoms with E-state index in [0.29, 0.717) is 19.6 Å². The lowest BCUT2D eigenvalue weighted by Crippen LogP contribution is -2.23. The van der Waals surface area contributed by atoms with Gasteiger partial charge in [-0.15, -0.1) is 0 Å². The molecule has 0 bridgehead atoms. The van der Waals surface area contributed by atoms with Gasteiger partial charge < -0.3 is 15.0 Å². The fourth-order valence-corrected chi connectivity index (χ4v) is 1.53. The van der Waals surface area contributed by atoms with Crippen LogP contribution in [-0.2, 0) is 10.9 Å². The summed E-state index contributed by atoms with van der Waals surface area (Å²) in [5.41, 5.74) is 5.72. The minimum atomic E-state index is -4.63. The maximum absolute atomic E-state index is 12.2. The number of halogens is 3. The van der Waals surface area contributed by atoms with Crippen molar-refractivity contribution in [2.45, 2.75) is 18.6 Å². The van der Waals surface area contributed by atoms with E-state index in [4.69, 9.17) is 10.5 Å². The van der Waals surface area contributed by atoms with Crippen LogP contribution in [0.3, 0.4) is 0 Å². The molecule has 0 spiro atoms. The quantitative estimate of drug-likeness (QED) is 0.834. The van der Waals surface area contributed by atoms with Crippen LogP contribution >= 0.6 is 0 Å². The second kappa shape index (κ2) is 4.02. The first-order chi connectivity index (χ1) is 7.48. The molecule has 1 fully saturated rings. The Kier molecular flexibility index (Phi) is 2.85. The lowest BCUT2D eigenvalue weighted by atomic mass is 10.00. The summed E-state index contributed by atoms with van der Waals surface area (Å²) in [5.74, 6) is -1.54. The molecule has 1 aliphatic rings. The lowest BCUT2D eigenvalue weighted by Gasteiger charge is -2.12. The number of rotatable bonds is 2. The Morgan fingerprint density at radius 1 is 1.44 bits per heavy atom. The van der Waals surface area contributed by atoms with Gasteiger partial charge in [0, 0.05) is 12.5 Å². The topological polar surface area (TPSA) is 74.2 Å². The van der Waals surface area contributed by atoms with Crippen molar-refractivity contribution in [3.05, 3.63) is 11.7 Å². The van der Waals surface area contributed by atoms with Crippen molar-refractivity contribution in [2.75, 3.05) is 13.2 Å². The van der Waals surface area contributed by atoms with E-state index < -0.39 is 18.1 Å². The van der Waals surface area contributed by atoms with Gasteiger partial charge in [0.05, 0.1) is 12.6 Å². The highest BCUT2D eigenvalue weighted by molar-refractivity contribution is 4.98. The molecule has 0 aliphatic carbocycles. The monoisotopic (exact) mass is 237 g/mol. The molecule has 0 aromatic carbocycles. The molecular formula is C8H10F3N3O2. The summed E-state index contributed by atoms with van der Waals surface area (Å²) in [5, 5.41) is 3.24. The summed E-state index contributed by atoms with van der Waals surface area (Å²) < 4.78 is 45.7. The van der Waals surface area contributed by atoms with Gasteiger partial charge in [-0.2, -0.15) is 18.2 Å². The predicted octanol–water partition coefficient (Wildman–Crippen LogP) is 1.12. The number of alkyl halides is 3. The second-order valence-electron chi connectivity index (χ2n) is 3.60. The number of hydrogen-bond donors (Lipinski definition) is 1. The Morgan fingerprint density at radius 3 is 2.69 bits per heavy atom. The van der Waals surface area contributed by atoms with Crippen LogP contribution in [0.25, 0.3) is 0 Å². The molecular weight excluding hydrogens is 227 g/mol. The molecule has 2 atom stereocenters. The van der Waals surface area contributed by atoms with E-state index in [9.17, 15) is 13.2 Å². The zero-order valence-electron chi connectivity index (χ0n) is 8.20. The minimum absolute atomic E-state index is 0.0568. The van der Waals surface area contributed by atoms with Crippen molar-refractivity contribution in [3.63, 3.8) is 0 Å². The van der Waals surface area contributed by atoms with Gasteiger partial charge in [-0.25, -0.2) is 0 Å². The predicted molar refractivity (Wildman–Crippen MR) is 45.2 cm³/mol. The standard InChI is InChI=1S/C8H10F3N3O2/c9-8(10,11)7-13-6(14-16-7)5(12)4-1-2-15-3-4/h4-5H,1-3,12H2. The van der Waals surface area contributed by atoms with E-state index in [1.54, 1.807) is 0 Å². The van der Waals surface area contributed by atoms with Crippen LogP contribution in [0.1, 0.15) is 24.2 Å². The molecule has 8 heteroatoms. The largest absolute Gasteiger partial charge is 0.471 e. The zero-order valence-corrected chi connectivity index (χ0v) is 8.20. The number of hydrogen-bond acceptors (Lipinski definition) is 5. The Bertz CT molecular complexity index is 360. The van der Waals surface area contributed by atoms with Gasteiger partial charge in [0.25, 0.3) is 0 Å². The van der Waals surface area contributed by atoms with Crippen molar-refractivity contribution < 1.29 is 22.4 Å². The molecule has 2 heterocycles. The number of nitrogens with two attached hydrogens (primary N) is 1. The summed E-state index contributed by atoms with van der Waals surface area (Å²) in [4.78, 5) is 3.24. The Labute approximate surface area is 88.8 Å². The maximum atomic E-state index is 12.2. The average Bonchev–Trinajstić information content (AvgIpc) is 2.87. The molecule has 1 saturated heterocycles. The molecule has 0 radical (unpaired) electrons. The summed E-state index contributed by atoms with van der Waals surface area (Å²) in [6.45, 7) is 0.972. The first-order valence-electron chi connectivity index (χ1n) is 4.72.